The number of rotatable bonds is 8. The van der Waals surface area contributed by atoms with Gasteiger partial charge in [-0.25, -0.2) is 4.79 Å². The molecule has 0 atom stereocenters. The molecule has 0 unspecified atom stereocenters. The smallest absolute Gasteiger partial charge is 0.321 e. The van der Waals surface area contributed by atoms with Crippen molar-refractivity contribution in [1.82, 2.24) is 10.2 Å². The van der Waals surface area contributed by atoms with Crippen LogP contribution in [0.4, 0.5) is 10.5 Å². The predicted molar refractivity (Wildman–Crippen MR) is 128 cm³/mol. The zero-order chi connectivity index (χ0) is 23.4. The molecule has 1 saturated carbocycles. The minimum atomic E-state index is -0.122. The number of ether oxygens (including phenoxy) is 2. The Hall–Kier alpha value is -3.22. The minimum absolute atomic E-state index is 0.00880. The van der Waals surface area contributed by atoms with Crippen molar-refractivity contribution in [2.75, 3.05) is 25.1 Å². The zero-order valence-corrected chi connectivity index (χ0v) is 19.7. The van der Waals surface area contributed by atoms with E-state index in [1.165, 1.54) is 0 Å². The predicted octanol–water partition coefficient (Wildman–Crippen LogP) is 4.60. The molecule has 0 spiro atoms. The van der Waals surface area contributed by atoms with Crippen LogP contribution in [0.25, 0.3) is 0 Å². The molecule has 1 heterocycles. The van der Waals surface area contributed by atoms with E-state index in [1.54, 1.807) is 12.0 Å². The van der Waals surface area contributed by atoms with Gasteiger partial charge < -0.3 is 19.7 Å². The van der Waals surface area contributed by atoms with Crippen LogP contribution in [0.2, 0.25) is 0 Å². The van der Waals surface area contributed by atoms with Crippen LogP contribution >= 0.6 is 0 Å². The number of hydrogen-bond donors (Lipinski definition) is 1. The van der Waals surface area contributed by atoms with Crippen LogP contribution in [0.15, 0.2) is 42.5 Å². The van der Waals surface area contributed by atoms with Gasteiger partial charge in [-0.1, -0.05) is 25.0 Å². The number of nitrogens with one attached hydrogen (secondary N) is 1. The zero-order valence-electron chi connectivity index (χ0n) is 19.7. The Morgan fingerprint density at radius 3 is 2.61 bits per heavy atom. The fourth-order valence-corrected chi connectivity index (χ4v) is 4.64. The van der Waals surface area contributed by atoms with Crippen LogP contribution in [-0.4, -0.2) is 49.2 Å². The van der Waals surface area contributed by atoms with Crippen LogP contribution in [0.3, 0.4) is 0 Å². The van der Waals surface area contributed by atoms with Gasteiger partial charge in [-0.2, -0.15) is 0 Å². The monoisotopic (exact) mass is 451 g/mol. The maximum atomic E-state index is 13.7. The molecule has 7 heteroatoms. The Morgan fingerprint density at radius 2 is 1.94 bits per heavy atom. The summed E-state index contributed by atoms with van der Waals surface area (Å²) in [6, 6.07) is 13.3. The SMILES string of the molecule is COc1ccc(CN(C(=O)c2cccc(N3CCNC3=O)c2)C2CCCC2)cc1OC(C)C. The second kappa shape index (κ2) is 10.1. The summed E-state index contributed by atoms with van der Waals surface area (Å²) < 4.78 is 11.4. The van der Waals surface area contributed by atoms with Gasteiger partial charge in [0.1, 0.15) is 0 Å². The molecule has 2 aromatic carbocycles. The van der Waals surface area contributed by atoms with Crippen LogP contribution in [0, 0.1) is 0 Å². The molecule has 1 N–H and O–H groups in total. The fourth-order valence-electron chi connectivity index (χ4n) is 4.64. The third kappa shape index (κ3) is 5.24. The molecule has 0 aromatic heterocycles. The maximum Gasteiger partial charge on any atom is 0.321 e. The molecule has 0 radical (unpaired) electrons. The van der Waals surface area contributed by atoms with E-state index in [1.807, 2.05) is 61.2 Å². The van der Waals surface area contributed by atoms with E-state index in [4.69, 9.17) is 9.47 Å². The lowest BCUT2D eigenvalue weighted by molar-refractivity contribution is 0.0664. The highest BCUT2D eigenvalue weighted by molar-refractivity contribution is 5.98. The average molecular weight is 452 g/mol. The van der Waals surface area contributed by atoms with Crippen LogP contribution in [-0.2, 0) is 6.54 Å². The van der Waals surface area contributed by atoms with Crippen molar-refractivity contribution < 1.29 is 19.1 Å². The number of amides is 3. The van der Waals surface area contributed by atoms with Crippen molar-refractivity contribution in [2.45, 2.75) is 58.2 Å². The first-order chi connectivity index (χ1) is 16.0. The van der Waals surface area contributed by atoms with Crippen molar-refractivity contribution in [1.29, 1.82) is 0 Å². The molecule has 33 heavy (non-hydrogen) atoms. The Morgan fingerprint density at radius 1 is 1.15 bits per heavy atom. The number of urea groups is 1. The molecule has 2 fully saturated rings. The van der Waals surface area contributed by atoms with E-state index in [-0.39, 0.29) is 24.1 Å². The fraction of sp³-hybridized carbons (Fsp3) is 0.462. The van der Waals surface area contributed by atoms with Gasteiger partial charge in [0, 0.05) is 36.9 Å². The van der Waals surface area contributed by atoms with E-state index in [9.17, 15) is 9.59 Å². The standard InChI is InChI=1S/C26H33N3O4/c1-18(2)33-24-15-19(11-12-23(24)32-3)17-29(21-8-4-5-9-21)25(30)20-7-6-10-22(16-20)28-14-13-27-26(28)31/h6-7,10-12,15-16,18,21H,4-5,8-9,13-14,17H2,1-3H3,(H,27,31). The van der Waals surface area contributed by atoms with E-state index in [2.05, 4.69) is 5.32 Å². The van der Waals surface area contributed by atoms with Gasteiger partial charge in [0.2, 0.25) is 0 Å². The van der Waals surface area contributed by atoms with Gasteiger partial charge in [0.25, 0.3) is 5.91 Å². The first-order valence-electron chi connectivity index (χ1n) is 11.8. The Bertz CT molecular complexity index is 1000. The van der Waals surface area contributed by atoms with Crippen molar-refractivity contribution in [3.05, 3.63) is 53.6 Å². The van der Waals surface area contributed by atoms with Gasteiger partial charge in [0.15, 0.2) is 11.5 Å². The van der Waals surface area contributed by atoms with E-state index < -0.39 is 0 Å². The van der Waals surface area contributed by atoms with Crippen LogP contribution in [0.5, 0.6) is 11.5 Å². The molecule has 7 nitrogen and oxygen atoms in total. The van der Waals surface area contributed by atoms with Gasteiger partial charge >= 0.3 is 6.03 Å². The highest BCUT2D eigenvalue weighted by Crippen LogP contribution is 2.32. The quantitative estimate of drug-likeness (QED) is 0.637. The van der Waals surface area contributed by atoms with E-state index in [0.29, 0.717) is 36.7 Å². The van der Waals surface area contributed by atoms with Crippen molar-refractivity contribution >= 4 is 17.6 Å². The largest absolute Gasteiger partial charge is 0.493 e. The second-order valence-corrected chi connectivity index (χ2v) is 8.96. The van der Waals surface area contributed by atoms with Crippen molar-refractivity contribution in [3.8, 4) is 11.5 Å². The molecular formula is C26H33N3O4. The summed E-state index contributed by atoms with van der Waals surface area (Å²) in [6.07, 6.45) is 4.29. The molecule has 1 aliphatic heterocycles. The third-order valence-corrected chi connectivity index (χ3v) is 6.23. The second-order valence-electron chi connectivity index (χ2n) is 8.96. The summed E-state index contributed by atoms with van der Waals surface area (Å²) in [6.45, 7) is 5.68. The molecule has 2 aliphatic rings. The summed E-state index contributed by atoms with van der Waals surface area (Å²) in [5.74, 6) is 1.36. The lowest BCUT2D eigenvalue weighted by Gasteiger charge is -2.30. The number of hydrogen-bond acceptors (Lipinski definition) is 4. The van der Waals surface area contributed by atoms with Gasteiger partial charge in [-0.3, -0.25) is 9.69 Å². The summed E-state index contributed by atoms with van der Waals surface area (Å²) in [7, 11) is 1.63. The maximum absolute atomic E-state index is 13.7. The summed E-state index contributed by atoms with van der Waals surface area (Å²) in [4.78, 5) is 29.5. The van der Waals surface area contributed by atoms with Crippen LogP contribution < -0.4 is 19.7 Å². The molecule has 176 valence electrons. The Labute approximate surface area is 195 Å². The lowest BCUT2D eigenvalue weighted by Crippen LogP contribution is -2.38. The molecule has 4 rings (SSSR count). The Balaban J connectivity index is 1.61. The van der Waals surface area contributed by atoms with Gasteiger partial charge in [0.05, 0.1) is 13.2 Å². The topological polar surface area (TPSA) is 71.1 Å². The van der Waals surface area contributed by atoms with Crippen molar-refractivity contribution in [3.63, 3.8) is 0 Å². The third-order valence-electron chi connectivity index (χ3n) is 6.23. The highest BCUT2D eigenvalue weighted by Gasteiger charge is 2.29. The van der Waals surface area contributed by atoms with E-state index in [0.717, 1.165) is 36.9 Å². The number of benzene rings is 2. The number of methoxy groups -OCH3 is 1. The molecular weight excluding hydrogens is 418 g/mol. The lowest BCUT2D eigenvalue weighted by atomic mass is 10.1. The minimum Gasteiger partial charge on any atom is -0.493 e. The number of anilines is 1. The first kappa shape index (κ1) is 23.0. The van der Waals surface area contributed by atoms with Gasteiger partial charge in [-0.05, 0) is 62.6 Å². The van der Waals surface area contributed by atoms with Crippen LogP contribution in [0.1, 0.15) is 55.5 Å². The number of nitrogens with zero attached hydrogens (tertiary/aromatic N) is 2. The number of carbonyl (C=O) groups is 2. The molecule has 2 aromatic rings. The summed E-state index contributed by atoms with van der Waals surface area (Å²) >= 11 is 0. The normalized spacial score (nSPS) is 16.2. The first-order valence-corrected chi connectivity index (χ1v) is 11.8. The number of carbonyl (C=O) groups excluding carboxylic acids is 2. The molecule has 0 bridgehead atoms. The van der Waals surface area contributed by atoms with E-state index >= 15 is 0 Å². The van der Waals surface area contributed by atoms with Gasteiger partial charge in [-0.15, -0.1) is 0 Å². The molecule has 1 aliphatic carbocycles. The molecule has 1 saturated heterocycles. The van der Waals surface area contributed by atoms with Crippen molar-refractivity contribution in [2.24, 2.45) is 0 Å². The Kier molecular flexibility index (Phi) is 7.06. The summed E-state index contributed by atoms with van der Waals surface area (Å²) in [5, 5.41) is 2.81. The average Bonchev–Trinajstić information content (AvgIpc) is 3.49. The molecule has 3 amide bonds. The highest BCUT2D eigenvalue weighted by atomic mass is 16.5. The summed E-state index contributed by atoms with van der Waals surface area (Å²) in [5.41, 5.74) is 2.35.